The van der Waals surface area contributed by atoms with Gasteiger partial charge in [-0.3, -0.25) is 9.59 Å². The number of benzene rings is 1. The summed E-state index contributed by atoms with van der Waals surface area (Å²) in [6.45, 7) is 1.84. The Bertz CT molecular complexity index is 1130. The third-order valence-corrected chi connectivity index (χ3v) is 8.02. The molecule has 1 aromatic carbocycles. The highest BCUT2D eigenvalue weighted by molar-refractivity contribution is 8.03. The summed E-state index contributed by atoms with van der Waals surface area (Å²) >= 11 is 2.83. The second-order valence-electron chi connectivity index (χ2n) is 8.48. The largest absolute Gasteiger partial charge is 0.353 e. The van der Waals surface area contributed by atoms with Gasteiger partial charge in [0.1, 0.15) is 0 Å². The average molecular weight is 493 g/mol. The van der Waals surface area contributed by atoms with Gasteiger partial charge < -0.3 is 16.0 Å². The summed E-state index contributed by atoms with van der Waals surface area (Å²) in [5, 5.41) is 22.0. The van der Waals surface area contributed by atoms with Crippen LogP contribution in [0.4, 0.5) is 5.69 Å². The monoisotopic (exact) mass is 492 g/mol. The highest BCUT2D eigenvalue weighted by Gasteiger charge is 2.35. The van der Waals surface area contributed by atoms with Crippen LogP contribution in [0.5, 0.6) is 0 Å². The van der Waals surface area contributed by atoms with Crippen LogP contribution in [0.3, 0.4) is 0 Å². The molecule has 0 saturated heterocycles. The molecule has 0 radical (unpaired) electrons. The van der Waals surface area contributed by atoms with Crippen molar-refractivity contribution in [3.05, 3.63) is 74.6 Å². The fourth-order valence-corrected chi connectivity index (χ4v) is 6.19. The fraction of sp³-hybridized carbons (Fsp3) is 0.346. The number of rotatable bonds is 7. The lowest BCUT2D eigenvalue weighted by molar-refractivity contribution is -0.119. The molecule has 1 fully saturated rings. The molecule has 3 N–H and O–H groups in total. The number of carbonyl (C=O) groups is 2. The van der Waals surface area contributed by atoms with Gasteiger partial charge in [0, 0.05) is 27.9 Å². The van der Waals surface area contributed by atoms with Crippen molar-refractivity contribution in [1.29, 1.82) is 5.26 Å². The summed E-state index contributed by atoms with van der Waals surface area (Å²) in [5.74, 6) is -0.536. The molecule has 1 aliphatic heterocycles. The molecule has 176 valence electrons. The van der Waals surface area contributed by atoms with E-state index in [0.717, 1.165) is 30.6 Å². The first-order valence-electron chi connectivity index (χ1n) is 11.5. The van der Waals surface area contributed by atoms with Gasteiger partial charge >= 0.3 is 0 Å². The van der Waals surface area contributed by atoms with Crippen LogP contribution in [0.1, 0.15) is 49.8 Å². The van der Waals surface area contributed by atoms with E-state index >= 15 is 0 Å². The van der Waals surface area contributed by atoms with Gasteiger partial charge in [0.25, 0.3) is 5.91 Å². The van der Waals surface area contributed by atoms with E-state index in [1.165, 1.54) is 29.5 Å². The van der Waals surface area contributed by atoms with Crippen molar-refractivity contribution in [2.45, 2.75) is 51.0 Å². The number of hydrogen-bond acceptors (Lipinski definition) is 6. The first-order chi connectivity index (χ1) is 16.6. The maximum Gasteiger partial charge on any atom is 0.254 e. The second kappa shape index (κ2) is 11.4. The predicted molar refractivity (Wildman–Crippen MR) is 138 cm³/mol. The van der Waals surface area contributed by atoms with Gasteiger partial charge in [0.15, 0.2) is 0 Å². The molecule has 2 heterocycles. The highest BCUT2D eigenvalue weighted by Crippen LogP contribution is 2.42. The third kappa shape index (κ3) is 5.72. The Morgan fingerprint density at radius 1 is 1.15 bits per heavy atom. The maximum absolute atomic E-state index is 13.3. The van der Waals surface area contributed by atoms with Crippen LogP contribution < -0.4 is 16.0 Å². The van der Waals surface area contributed by atoms with E-state index in [4.69, 9.17) is 0 Å². The van der Waals surface area contributed by atoms with E-state index in [2.05, 4.69) is 22.0 Å². The molecular formula is C26H28N4O2S2. The van der Waals surface area contributed by atoms with Gasteiger partial charge in [0.05, 0.1) is 28.3 Å². The van der Waals surface area contributed by atoms with Crippen molar-refractivity contribution in [2.24, 2.45) is 0 Å². The second-order valence-corrected chi connectivity index (χ2v) is 10.4. The van der Waals surface area contributed by atoms with Crippen LogP contribution in [0, 0.1) is 11.3 Å². The zero-order valence-corrected chi connectivity index (χ0v) is 20.7. The van der Waals surface area contributed by atoms with E-state index in [1.807, 2.05) is 54.8 Å². The zero-order valence-electron chi connectivity index (χ0n) is 19.1. The minimum Gasteiger partial charge on any atom is -0.353 e. The highest BCUT2D eigenvalue weighted by atomic mass is 32.2. The van der Waals surface area contributed by atoms with E-state index in [1.54, 1.807) is 0 Å². The van der Waals surface area contributed by atoms with Crippen LogP contribution in [0.2, 0.25) is 0 Å². The molecule has 1 aromatic heterocycles. The normalized spacial score (nSPS) is 18.8. The molecular weight excluding hydrogens is 464 g/mol. The fourth-order valence-electron chi connectivity index (χ4n) is 4.44. The molecule has 8 heteroatoms. The van der Waals surface area contributed by atoms with Gasteiger partial charge in [-0.05, 0) is 43.3 Å². The lowest BCUT2D eigenvalue weighted by Gasteiger charge is -2.29. The van der Waals surface area contributed by atoms with Crippen LogP contribution >= 0.6 is 23.1 Å². The number of anilines is 1. The molecule has 2 aromatic rings. The molecule has 0 spiro atoms. The molecule has 1 unspecified atom stereocenters. The molecule has 1 aliphatic carbocycles. The smallest absolute Gasteiger partial charge is 0.254 e. The third-order valence-electron chi connectivity index (χ3n) is 6.07. The number of nitrogens with one attached hydrogen (secondary N) is 3. The number of nitriles is 1. The number of amides is 2. The number of allylic oxidation sites excluding steroid dienone is 2. The molecule has 1 atom stereocenters. The molecule has 1 saturated carbocycles. The Balaban J connectivity index is 1.55. The Labute approximate surface area is 208 Å². The molecule has 0 bridgehead atoms. The number of thiophene rings is 1. The summed E-state index contributed by atoms with van der Waals surface area (Å²) in [6.07, 6.45) is 5.61. The van der Waals surface area contributed by atoms with Gasteiger partial charge in [0.2, 0.25) is 5.91 Å². The Hall–Kier alpha value is -3.02. The standard InChI is InChI=1S/C26H28N4O2S2/c1-17-23(25(32)30-19-11-6-3-7-12-19)24(21-13-8-14-33-21)20(15-27)26(28-17)34-16-22(31)29-18-9-4-2-5-10-18/h3,6-8,11-14,18,24,28H,2,4-5,9-10,16H2,1H3,(H,29,31)(H,30,32). The quantitative estimate of drug-likeness (QED) is 0.490. The minimum atomic E-state index is -0.487. The number of para-hydroxylation sites is 1. The van der Waals surface area contributed by atoms with Gasteiger partial charge in [-0.2, -0.15) is 5.26 Å². The van der Waals surface area contributed by atoms with Crippen molar-refractivity contribution in [3.8, 4) is 6.07 Å². The Morgan fingerprint density at radius 3 is 2.59 bits per heavy atom. The van der Waals surface area contributed by atoms with Crippen molar-refractivity contribution in [2.75, 3.05) is 11.1 Å². The topological polar surface area (TPSA) is 94.0 Å². The van der Waals surface area contributed by atoms with Crippen LogP contribution in [0.15, 0.2) is 69.7 Å². The van der Waals surface area contributed by atoms with Gasteiger partial charge in [-0.1, -0.05) is 55.3 Å². The van der Waals surface area contributed by atoms with Gasteiger partial charge in [-0.25, -0.2) is 0 Å². The predicted octanol–water partition coefficient (Wildman–Crippen LogP) is 5.26. The first kappa shape index (κ1) is 24.1. The molecule has 2 amide bonds. The Kier molecular flexibility index (Phi) is 8.09. The van der Waals surface area contributed by atoms with Gasteiger partial charge in [-0.15, -0.1) is 11.3 Å². The molecule has 2 aliphatic rings. The zero-order chi connectivity index (χ0) is 23.9. The average Bonchev–Trinajstić information content (AvgIpc) is 3.38. The summed E-state index contributed by atoms with van der Waals surface area (Å²) in [6, 6.07) is 15.7. The number of carbonyl (C=O) groups excluding carboxylic acids is 2. The number of dihydropyridines is 1. The van der Waals surface area contributed by atoms with Crippen LogP contribution in [-0.2, 0) is 9.59 Å². The van der Waals surface area contributed by atoms with Crippen molar-refractivity contribution >= 4 is 40.6 Å². The van der Waals surface area contributed by atoms with Crippen molar-refractivity contribution in [1.82, 2.24) is 10.6 Å². The van der Waals surface area contributed by atoms with Crippen LogP contribution in [0.25, 0.3) is 0 Å². The van der Waals surface area contributed by atoms with Crippen LogP contribution in [-0.4, -0.2) is 23.6 Å². The lowest BCUT2D eigenvalue weighted by atomic mass is 9.86. The van der Waals surface area contributed by atoms with E-state index in [9.17, 15) is 14.9 Å². The molecule has 4 rings (SSSR count). The molecule has 6 nitrogen and oxygen atoms in total. The van der Waals surface area contributed by atoms with Crippen molar-refractivity contribution < 1.29 is 9.59 Å². The lowest BCUT2D eigenvalue weighted by Crippen LogP contribution is -2.37. The maximum atomic E-state index is 13.3. The summed E-state index contributed by atoms with van der Waals surface area (Å²) in [4.78, 5) is 26.8. The van der Waals surface area contributed by atoms with Crippen molar-refractivity contribution in [3.63, 3.8) is 0 Å². The van der Waals surface area contributed by atoms with E-state index in [0.29, 0.717) is 27.6 Å². The Morgan fingerprint density at radius 2 is 1.91 bits per heavy atom. The first-order valence-corrected chi connectivity index (χ1v) is 13.4. The number of nitrogens with zero attached hydrogens (tertiary/aromatic N) is 1. The van der Waals surface area contributed by atoms with E-state index in [-0.39, 0.29) is 23.6 Å². The van der Waals surface area contributed by atoms with E-state index < -0.39 is 5.92 Å². The summed E-state index contributed by atoms with van der Waals surface area (Å²) in [7, 11) is 0. The summed E-state index contributed by atoms with van der Waals surface area (Å²) in [5.41, 5.74) is 2.35. The SMILES string of the molecule is CC1=C(C(=O)Nc2ccccc2)C(c2cccs2)C(C#N)=C(SCC(=O)NC2CCCCC2)N1. The summed E-state index contributed by atoms with van der Waals surface area (Å²) < 4.78 is 0. The molecule has 34 heavy (non-hydrogen) atoms. The number of hydrogen-bond donors (Lipinski definition) is 3. The number of thioether (sulfide) groups is 1. The minimum absolute atomic E-state index is 0.0228.